The first-order valence-electron chi connectivity index (χ1n) is 14.0. The molecule has 0 aromatic rings. The van der Waals surface area contributed by atoms with E-state index in [1.54, 1.807) is 0 Å². The standard InChI is InChI=1S/3C8H18N.C2H5O.Ti/c3*1-3-5-7-9-8-6-4-2;1-2-3;/h3*3-8H2,1-2H3;2H2,1H3;/q4*-1;+4. The van der Waals surface area contributed by atoms with Gasteiger partial charge in [0.15, 0.2) is 0 Å². The summed E-state index contributed by atoms with van der Waals surface area (Å²) in [5.41, 5.74) is 0. The second-order valence-electron chi connectivity index (χ2n) is 9.09. The molecule has 0 radical (unpaired) electrons. The van der Waals surface area contributed by atoms with E-state index in [0.29, 0.717) is 0 Å². The van der Waals surface area contributed by atoms with E-state index in [0.717, 1.165) is 6.61 Å². The van der Waals surface area contributed by atoms with Crippen LogP contribution in [0.4, 0.5) is 0 Å². The molecule has 31 heavy (non-hydrogen) atoms. The van der Waals surface area contributed by atoms with Crippen molar-refractivity contribution in [2.24, 2.45) is 0 Å². The van der Waals surface area contributed by atoms with Crippen LogP contribution in [0.5, 0.6) is 0 Å². The third kappa shape index (κ3) is 11.5. The molecule has 0 rings (SSSR count). The number of unbranched alkanes of at least 4 members (excludes halogenated alkanes) is 6. The molecule has 0 N–H and O–H groups in total. The fourth-order valence-corrected chi connectivity index (χ4v) is 11.9. The molecule has 188 valence electrons. The fraction of sp³-hybridized carbons (Fsp3) is 1.00. The van der Waals surface area contributed by atoms with E-state index in [2.05, 4.69) is 58.6 Å². The zero-order chi connectivity index (χ0) is 23.4. The maximum absolute atomic E-state index is 7.16. The SMILES string of the molecule is CCCC[N](CCCC)[Ti]([O]CC)([N](CCCC)CCCC)[N](CCCC)CCCC. The summed E-state index contributed by atoms with van der Waals surface area (Å²) in [5, 5.41) is 0. The van der Waals surface area contributed by atoms with E-state index in [-0.39, 0.29) is 0 Å². The van der Waals surface area contributed by atoms with Crippen molar-refractivity contribution in [1.82, 2.24) is 10.1 Å². The summed E-state index contributed by atoms with van der Waals surface area (Å²) in [5.74, 6) is 0. The predicted molar refractivity (Wildman–Crippen MR) is 136 cm³/mol. The Bertz CT molecular complexity index is 309. The molecule has 0 amide bonds. The normalized spacial score (nSPS) is 12.6. The van der Waals surface area contributed by atoms with Gasteiger partial charge in [0.25, 0.3) is 0 Å². The summed E-state index contributed by atoms with van der Waals surface area (Å²) in [6.07, 6.45) is 15.3. The van der Waals surface area contributed by atoms with Gasteiger partial charge in [0.1, 0.15) is 0 Å². The first-order chi connectivity index (χ1) is 15.1. The molecular weight excluding hydrogens is 418 g/mol. The number of nitrogens with zero attached hydrogens (tertiary/aromatic N) is 3. The Hall–Kier alpha value is 0.554. The second-order valence-corrected chi connectivity index (χ2v) is 14.3. The average molecular weight is 478 g/mol. The molecular formula is C26H59N3OTi. The Morgan fingerprint density at radius 3 is 0.806 bits per heavy atom. The molecule has 0 aliphatic heterocycles. The summed E-state index contributed by atoms with van der Waals surface area (Å²) >= 11 is -3.11. The molecule has 0 aromatic carbocycles. The van der Waals surface area contributed by atoms with E-state index in [1.807, 2.05) is 0 Å². The van der Waals surface area contributed by atoms with Crippen LogP contribution in [-0.2, 0) is 21.1 Å². The first-order valence-corrected chi connectivity index (χ1v) is 16.7. The molecule has 4 nitrogen and oxygen atoms in total. The van der Waals surface area contributed by atoms with Gasteiger partial charge in [-0.2, -0.15) is 0 Å². The van der Waals surface area contributed by atoms with Crippen molar-refractivity contribution in [2.75, 3.05) is 45.9 Å². The summed E-state index contributed by atoms with van der Waals surface area (Å²) in [6, 6.07) is 0. The quantitative estimate of drug-likeness (QED) is 0.141. The molecule has 0 fully saturated rings. The van der Waals surface area contributed by atoms with Crippen LogP contribution in [-0.4, -0.2) is 56.0 Å². The Morgan fingerprint density at radius 1 is 0.419 bits per heavy atom. The van der Waals surface area contributed by atoms with Crippen molar-refractivity contribution in [1.29, 1.82) is 0 Å². The van der Waals surface area contributed by atoms with Gasteiger partial charge < -0.3 is 0 Å². The minimum atomic E-state index is -3.11. The van der Waals surface area contributed by atoms with Gasteiger partial charge in [0, 0.05) is 0 Å². The van der Waals surface area contributed by atoms with E-state index >= 15 is 0 Å². The summed E-state index contributed by atoms with van der Waals surface area (Å²) in [7, 11) is 0. The van der Waals surface area contributed by atoms with Gasteiger partial charge in [0.05, 0.1) is 0 Å². The van der Waals surface area contributed by atoms with Crippen LogP contribution >= 0.6 is 0 Å². The van der Waals surface area contributed by atoms with Gasteiger partial charge in [0.2, 0.25) is 0 Å². The average Bonchev–Trinajstić information content (AvgIpc) is 2.78. The number of rotatable bonds is 23. The van der Waals surface area contributed by atoms with Gasteiger partial charge >= 0.3 is 203 Å². The van der Waals surface area contributed by atoms with Crippen LogP contribution in [0, 0.1) is 0 Å². The van der Waals surface area contributed by atoms with Crippen LogP contribution in [0.1, 0.15) is 126 Å². The molecule has 0 bridgehead atoms. The summed E-state index contributed by atoms with van der Waals surface area (Å²) in [4.78, 5) is 0. The van der Waals surface area contributed by atoms with Crippen molar-refractivity contribution in [3.05, 3.63) is 0 Å². The molecule has 0 aromatic heterocycles. The van der Waals surface area contributed by atoms with Crippen molar-refractivity contribution < 1.29 is 21.1 Å². The monoisotopic (exact) mass is 477 g/mol. The van der Waals surface area contributed by atoms with Gasteiger partial charge in [-0.1, -0.05) is 0 Å². The fourth-order valence-electron chi connectivity index (χ4n) is 4.37. The van der Waals surface area contributed by atoms with E-state index < -0.39 is 17.7 Å². The Kier molecular flexibility index (Phi) is 21.5. The molecule has 0 heterocycles. The van der Waals surface area contributed by atoms with Gasteiger partial charge in [-0.05, 0) is 0 Å². The molecule has 0 aliphatic rings. The van der Waals surface area contributed by atoms with Crippen LogP contribution in [0.25, 0.3) is 0 Å². The zero-order valence-electron chi connectivity index (χ0n) is 22.7. The summed E-state index contributed by atoms with van der Waals surface area (Å²) in [6.45, 7) is 24.4. The Balaban J connectivity index is 6.43. The van der Waals surface area contributed by atoms with Crippen LogP contribution in [0.3, 0.4) is 0 Å². The van der Waals surface area contributed by atoms with Gasteiger partial charge in [-0.15, -0.1) is 0 Å². The molecule has 0 saturated carbocycles. The van der Waals surface area contributed by atoms with Crippen LogP contribution < -0.4 is 0 Å². The predicted octanol–water partition coefficient (Wildman–Crippen LogP) is 7.54. The number of hydrogen-bond acceptors (Lipinski definition) is 4. The Morgan fingerprint density at radius 2 is 0.645 bits per heavy atom. The second kappa shape index (κ2) is 21.1. The van der Waals surface area contributed by atoms with Gasteiger partial charge in [-0.25, -0.2) is 0 Å². The van der Waals surface area contributed by atoms with Crippen LogP contribution in [0.2, 0.25) is 0 Å². The summed E-state index contributed by atoms with van der Waals surface area (Å²) < 4.78 is 15.9. The van der Waals surface area contributed by atoms with E-state index in [1.165, 1.54) is 116 Å². The third-order valence-corrected chi connectivity index (χ3v) is 13.3. The molecule has 0 unspecified atom stereocenters. The zero-order valence-corrected chi connectivity index (χ0v) is 24.2. The van der Waals surface area contributed by atoms with Crippen molar-refractivity contribution in [3.63, 3.8) is 0 Å². The van der Waals surface area contributed by atoms with Crippen molar-refractivity contribution in [3.8, 4) is 0 Å². The number of hydrogen-bond donors (Lipinski definition) is 0. The molecule has 0 aliphatic carbocycles. The molecule has 0 spiro atoms. The minimum absolute atomic E-state index is 0.845. The van der Waals surface area contributed by atoms with Crippen LogP contribution in [0.15, 0.2) is 0 Å². The van der Waals surface area contributed by atoms with Crippen molar-refractivity contribution >= 4 is 0 Å². The van der Waals surface area contributed by atoms with E-state index in [9.17, 15) is 0 Å². The van der Waals surface area contributed by atoms with Gasteiger partial charge in [-0.3, -0.25) is 0 Å². The third-order valence-electron chi connectivity index (χ3n) is 6.26. The molecule has 0 saturated heterocycles. The van der Waals surface area contributed by atoms with Crippen molar-refractivity contribution in [2.45, 2.75) is 126 Å². The molecule has 5 heteroatoms. The topological polar surface area (TPSA) is 19.0 Å². The molecule has 0 atom stereocenters. The Labute approximate surface area is 202 Å². The maximum atomic E-state index is 7.16. The first kappa shape index (κ1) is 31.6. The van der Waals surface area contributed by atoms with E-state index in [4.69, 9.17) is 3.32 Å².